The number of hydrogen-bond donors (Lipinski definition) is 0. The molecule has 154 valence electrons. The number of carbonyl (C=O) groups is 2. The highest BCUT2D eigenvalue weighted by atomic mass is 35.5. The van der Waals surface area contributed by atoms with Gasteiger partial charge in [0.25, 0.3) is 11.1 Å². The van der Waals surface area contributed by atoms with Gasteiger partial charge in [0.05, 0.1) is 34.3 Å². The number of amides is 2. The Morgan fingerprint density at radius 1 is 1.07 bits per heavy atom. The number of benzene rings is 1. The van der Waals surface area contributed by atoms with Crippen LogP contribution in [0, 0.1) is 13.8 Å². The van der Waals surface area contributed by atoms with Crippen LogP contribution in [0.1, 0.15) is 28.3 Å². The van der Waals surface area contributed by atoms with Gasteiger partial charge in [-0.1, -0.05) is 29.3 Å². The van der Waals surface area contributed by atoms with E-state index in [1.807, 2.05) is 32.0 Å². The number of furan rings is 1. The van der Waals surface area contributed by atoms with Crippen molar-refractivity contribution in [1.82, 2.24) is 9.47 Å². The number of rotatable bonds is 5. The van der Waals surface area contributed by atoms with Crippen LogP contribution in [0.3, 0.4) is 0 Å². The first kappa shape index (κ1) is 20.8. The maximum absolute atomic E-state index is 12.9. The molecule has 1 aliphatic rings. The fraction of sp³-hybridized carbons (Fsp3) is 0.182. The van der Waals surface area contributed by atoms with Crippen molar-refractivity contribution in [2.24, 2.45) is 0 Å². The molecular formula is C22H18Cl2N2O3S. The Bertz CT molecular complexity index is 1170. The number of aryl methyl sites for hydroxylation is 1. The zero-order valence-electron chi connectivity index (χ0n) is 16.3. The van der Waals surface area contributed by atoms with Gasteiger partial charge in [-0.15, -0.1) is 0 Å². The SMILES string of the molecule is Cc1cc(/C=C2\SC(=O)N(Cc3ccc(Cl)c(Cl)c3)C2=O)c(C)n1Cc1ccco1. The lowest BCUT2D eigenvalue weighted by molar-refractivity contribution is -0.123. The summed E-state index contributed by atoms with van der Waals surface area (Å²) in [6.45, 7) is 4.75. The normalized spacial score (nSPS) is 15.6. The molecule has 4 rings (SSSR count). The molecular weight excluding hydrogens is 443 g/mol. The van der Waals surface area contributed by atoms with Crippen LogP contribution in [-0.4, -0.2) is 20.6 Å². The van der Waals surface area contributed by atoms with Crippen LogP contribution >= 0.6 is 35.0 Å². The van der Waals surface area contributed by atoms with E-state index in [2.05, 4.69) is 4.57 Å². The molecule has 0 aliphatic carbocycles. The molecule has 2 aromatic heterocycles. The van der Waals surface area contributed by atoms with Gasteiger partial charge in [0.1, 0.15) is 5.76 Å². The molecule has 0 spiro atoms. The standard InChI is InChI=1S/C22H18Cl2N2O3S/c1-13-8-16(14(2)25(13)12-17-4-3-7-29-17)10-20-21(27)26(22(28)30-20)11-15-5-6-18(23)19(24)9-15/h3-10H,11-12H2,1-2H3/b20-10-. The lowest BCUT2D eigenvalue weighted by Gasteiger charge is -2.12. The number of aromatic nitrogens is 1. The number of carbonyl (C=O) groups excluding carboxylic acids is 2. The Hall–Kier alpha value is -2.41. The first-order valence-electron chi connectivity index (χ1n) is 9.22. The minimum Gasteiger partial charge on any atom is -0.467 e. The van der Waals surface area contributed by atoms with E-state index in [0.717, 1.165) is 40.0 Å². The van der Waals surface area contributed by atoms with E-state index >= 15 is 0 Å². The predicted molar refractivity (Wildman–Crippen MR) is 120 cm³/mol. The van der Waals surface area contributed by atoms with Crippen molar-refractivity contribution in [3.63, 3.8) is 0 Å². The van der Waals surface area contributed by atoms with Crippen molar-refractivity contribution in [3.8, 4) is 0 Å². The summed E-state index contributed by atoms with van der Waals surface area (Å²) in [5.74, 6) is 0.539. The van der Waals surface area contributed by atoms with E-state index in [4.69, 9.17) is 27.6 Å². The highest BCUT2D eigenvalue weighted by molar-refractivity contribution is 8.18. The van der Waals surface area contributed by atoms with Crippen LogP contribution in [0.25, 0.3) is 6.08 Å². The predicted octanol–water partition coefficient (Wildman–Crippen LogP) is 6.29. The Kier molecular flexibility index (Phi) is 5.82. The van der Waals surface area contributed by atoms with Gasteiger partial charge in [-0.3, -0.25) is 14.5 Å². The van der Waals surface area contributed by atoms with Gasteiger partial charge in [-0.25, -0.2) is 0 Å². The molecule has 0 radical (unpaired) electrons. The Morgan fingerprint density at radius 2 is 1.87 bits per heavy atom. The molecule has 5 nitrogen and oxygen atoms in total. The summed E-state index contributed by atoms with van der Waals surface area (Å²) in [7, 11) is 0. The minimum atomic E-state index is -0.313. The molecule has 0 saturated carbocycles. The third kappa shape index (κ3) is 4.08. The first-order chi connectivity index (χ1) is 14.3. The Morgan fingerprint density at radius 3 is 2.57 bits per heavy atom. The van der Waals surface area contributed by atoms with Gasteiger partial charge in [0.15, 0.2) is 0 Å². The maximum Gasteiger partial charge on any atom is 0.293 e. The van der Waals surface area contributed by atoms with E-state index in [9.17, 15) is 9.59 Å². The lowest BCUT2D eigenvalue weighted by Crippen LogP contribution is -2.27. The number of hydrogen-bond acceptors (Lipinski definition) is 4. The second kappa shape index (κ2) is 8.38. The average Bonchev–Trinajstić information content (AvgIpc) is 3.38. The summed E-state index contributed by atoms with van der Waals surface area (Å²) in [5.41, 5.74) is 3.69. The molecule has 1 fully saturated rings. The van der Waals surface area contributed by atoms with E-state index in [1.54, 1.807) is 30.5 Å². The van der Waals surface area contributed by atoms with Crippen LogP contribution in [0.5, 0.6) is 0 Å². The summed E-state index contributed by atoms with van der Waals surface area (Å²) < 4.78 is 7.56. The summed E-state index contributed by atoms with van der Waals surface area (Å²) >= 11 is 12.9. The number of thioether (sulfide) groups is 1. The zero-order valence-corrected chi connectivity index (χ0v) is 18.6. The molecule has 1 aromatic carbocycles. The second-order valence-electron chi connectivity index (χ2n) is 7.01. The maximum atomic E-state index is 12.9. The van der Waals surface area contributed by atoms with Gasteiger partial charge < -0.3 is 8.98 Å². The molecule has 1 aliphatic heterocycles. The van der Waals surface area contributed by atoms with E-state index in [1.165, 1.54) is 4.90 Å². The summed E-state index contributed by atoms with van der Waals surface area (Å²) in [4.78, 5) is 27.0. The lowest BCUT2D eigenvalue weighted by atomic mass is 10.2. The monoisotopic (exact) mass is 460 g/mol. The first-order valence-corrected chi connectivity index (χ1v) is 10.8. The molecule has 3 aromatic rings. The number of nitrogens with zero attached hydrogens (tertiary/aromatic N) is 2. The van der Waals surface area contributed by atoms with Crippen molar-refractivity contribution in [2.75, 3.05) is 0 Å². The molecule has 1 saturated heterocycles. The summed E-state index contributed by atoms with van der Waals surface area (Å²) in [5, 5.41) is 0.516. The topological polar surface area (TPSA) is 55.5 Å². The Labute approximate surface area is 188 Å². The van der Waals surface area contributed by atoms with Crippen molar-refractivity contribution in [1.29, 1.82) is 0 Å². The fourth-order valence-electron chi connectivity index (χ4n) is 3.37. The van der Waals surface area contributed by atoms with Crippen LogP contribution in [0.15, 0.2) is 52.0 Å². The van der Waals surface area contributed by atoms with E-state index in [-0.39, 0.29) is 17.7 Å². The molecule has 3 heterocycles. The molecule has 0 bridgehead atoms. The van der Waals surface area contributed by atoms with Crippen LogP contribution in [-0.2, 0) is 17.9 Å². The summed E-state index contributed by atoms with van der Waals surface area (Å²) in [6.07, 6.45) is 3.43. The highest BCUT2D eigenvalue weighted by Crippen LogP contribution is 2.35. The molecule has 2 amide bonds. The van der Waals surface area contributed by atoms with E-state index < -0.39 is 0 Å². The summed E-state index contributed by atoms with van der Waals surface area (Å²) in [6, 6.07) is 10.9. The number of imide groups is 1. The molecule has 0 atom stereocenters. The quantitative estimate of drug-likeness (QED) is 0.419. The average molecular weight is 461 g/mol. The van der Waals surface area contributed by atoms with E-state index in [0.29, 0.717) is 21.5 Å². The molecule has 0 N–H and O–H groups in total. The van der Waals surface area contributed by atoms with Gasteiger partial charge in [0.2, 0.25) is 0 Å². The van der Waals surface area contributed by atoms with Crippen LogP contribution in [0.4, 0.5) is 4.79 Å². The number of halogens is 2. The third-order valence-electron chi connectivity index (χ3n) is 4.99. The van der Waals surface area contributed by atoms with Crippen molar-refractivity contribution in [3.05, 3.63) is 85.9 Å². The third-order valence-corrected chi connectivity index (χ3v) is 6.64. The molecule has 0 unspecified atom stereocenters. The minimum absolute atomic E-state index is 0.149. The Balaban J connectivity index is 1.57. The van der Waals surface area contributed by atoms with Crippen LogP contribution < -0.4 is 0 Å². The second-order valence-corrected chi connectivity index (χ2v) is 8.82. The van der Waals surface area contributed by atoms with Gasteiger partial charge >= 0.3 is 0 Å². The zero-order chi connectivity index (χ0) is 21.4. The largest absolute Gasteiger partial charge is 0.467 e. The fourth-order valence-corrected chi connectivity index (χ4v) is 4.52. The van der Waals surface area contributed by atoms with Crippen molar-refractivity contribution >= 4 is 52.2 Å². The van der Waals surface area contributed by atoms with Gasteiger partial charge in [0, 0.05) is 11.4 Å². The highest BCUT2D eigenvalue weighted by Gasteiger charge is 2.35. The van der Waals surface area contributed by atoms with Gasteiger partial charge in [-0.05, 0) is 73.1 Å². The van der Waals surface area contributed by atoms with Crippen LogP contribution in [0.2, 0.25) is 10.0 Å². The smallest absolute Gasteiger partial charge is 0.293 e. The molecule has 30 heavy (non-hydrogen) atoms. The van der Waals surface area contributed by atoms with Crippen molar-refractivity contribution in [2.45, 2.75) is 26.9 Å². The molecule has 8 heteroatoms. The van der Waals surface area contributed by atoms with Crippen molar-refractivity contribution < 1.29 is 14.0 Å². The van der Waals surface area contributed by atoms with Gasteiger partial charge in [-0.2, -0.15) is 0 Å².